The maximum Gasteiger partial charge on any atom is 0.0645 e. The Morgan fingerprint density at radius 2 is 2.07 bits per heavy atom. The number of aromatic nitrogens is 2. The molecule has 0 aliphatic heterocycles. The Hall–Kier alpha value is -1.61. The zero-order valence-corrected chi connectivity index (χ0v) is 8.80. The lowest BCUT2D eigenvalue weighted by atomic mass is 10.0. The largest absolute Gasteiger partial charge is 0.330 e. The van der Waals surface area contributed by atoms with Crippen LogP contribution in [0.3, 0.4) is 0 Å². The van der Waals surface area contributed by atoms with Gasteiger partial charge in [0.2, 0.25) is 0 Å². The summed E-state index contributed by atoms with van der Waals surface area (Å²) >= 11 is 0. The van der Waals surface area contributed by atoms with E-state index in [0.717, 1.165) is 5.69 Å². The van der Waals surface area contributed by atoms with Crippen molar-refractivity contribution in [3.05, 3.63) is 48.3 Å². The zero-order chi connectivity index (χ0) is 10.7. The van der Waals surface area contributed by atoms with Gasteiger partial charge in [-0.25, -0.2) is 4.68 Å². The molecule has 2 N–H and O–H groups in total. The lowest BCUT2D eigenvalue weighted by Crippen LogP contribution is -2.08. The minimum absolute atomic E-state index is 0.414. The smallest absolute Gasteiger partial charge is 0.0645 e. The van der Waals surface area contributed by atoms with E-state index in [2.05, 4.69) is 36.3 Å². The van der Waals surface area contributed by atoms with Crippen LogP contribution < -0.4 is 5.73 Å². The second-order valence-corrected chi connectivity index (χ2v) is 3.68. The summed E-state index contributed by atoms with van der Waals surface area (Å²) in [5, 5.41) is 4.17. The molecule has 0 spiro atoms. The lowest BCUT2D eigenvalue weighted by molar-refractivity contribution is 0.772. The first-order valence-electron chi connectivity index (χ1n) is 5.11. The van der Waals surface area contributed by atoms with Gasteiger partial charge in [0.1, 0.15) is 0 Å². The van der Waals surface area contributed by atoms with Gasteiger partial charge in [-0.2, -0.15) is 5.10 Å². The first kappa shape index (κ1) is 9.93. The lowest BCUT2D eigenvalue weighted by Gasteiger charge is -2.09. The van der Waals surface area contributed by atoms with Crippen LogP contribution in [0.5, 0.6) is 0 Å². The van der Waals surface area contributed by atoms with E-state index in [-0.39, 0.29) is 0 Å². The van der Waals surface area contributed by atoms with Crippen LogP contribution in [0.25, 0.3) is 5.69 Å². The molecule has 1 unspecified atom stereocenters. The van der Waals surface area contributed by atoms with Crippen molar-refractivity contribution in [2.45, 2.75) is 12.8 Å². The van der Waals surface area contributed by atoms with E-state index >= 15 is 0 Å². The predicted molar refractivity (Wildman–Crippen MR) is 61.0 cm³/mol. The third kappa shape index (κ3) is 2.07. The summed E-state index contributed by atoms with van der Waals surface area (Å²) in [5.41, 5.74) is 7.97. The molecule has 3 nitrogen and oxygen atoms in total. The number of hydrogen-bond acceptors (Lipinski definition) is 2. The first-order chi connectivity index (χ1) is 7.31. The van der Waals surface area contributed by atoms with E-state index in [1.165, 1.54) is 5.56 Å². The SMILES string of the molecule is CC(CN)c1ccc(-n2cccn2)cc1. The predicted octanol–water partition coefficient (Wildman–Crippen LogP) is 1.93. The third-order valence-corrected chi connectivity index (χ3v) is 2.58. The van der Waals surface area contributed by atoms with Gasteiger partial charge >= 0.3 is 0 Å². The molecule has 0 bridgehead atoms. The van der Waals surface area contributed by atoms with E-state index in [0.29, 0.717) is 12.5 Å². The highest BCUT2D eigenvalue weighted by Gasteiger charge is 2.03. The van der Waals surface area contributed by atoms with Crippen LogP contribution in [0, 0.1) is 0 Å². The second kappa shape index (κ2) is 4.28. The molecule has 0 aliphatic carbocycles. The van der Waals surface area contributed by atoms with Crippen molar-refractivity contribution in [1.29, 1.82) is 0 Å². The average Bonchev–Trinajstić information content (AvgIpc) is 2.82. The summed E-state index contributed by atoms with van der Waals surface area (Å²) in [6.45, 7) is 2.81. The first-order valence-corrected chi connectivity index (χ1v) is 5.11. The maximum atomic E-state index is 5.62. The molecule has 1 aromatic carbocycles. The Bertz CT molecular complexity index is 403. The van der Waals surface area contributed by atoms with Gasteiger partial charge in [-0.15, -0.1) is 0 Å². The van der Waals surface area contributed by atoms with Crippen molar-refractivity contribution in [3.63, 3.8) is 0 Å². The molecular weight excluding hydrogens is 186 g/mol. The van der Waals surface area contributed by atoms with E-state index < -0.39 is 0 Å². The summed E-state index contributed by atoms with van der Waals surface area (Å²) < 4.78 is 1.84. The van der Waals surface area contributed by atoms with Crippen molar-refractivity contribution in [2.75, 3.05) is 6.54 Å². The summed E-state index contributed by atoms with van der Waals surface area (Å²) in [7, 11) is 0. The Morgan fingerprint density at radius 3 is 2.60 bits per heavy atom. The average molecular weight is 201 g/mol. The zero-order valence-electron chi connectivity index (χ0n) is 8.80. The summed E-state index contributed by atoms with van der Waals surface area (Å²) in [5.74, 6) is 0.414. The second-order valence-electron chi connectivity index (χ2n) is 3.68. The number of nitrogens with two attached hydrogens (primary N) is 1. The molecule has 2 rings (SSSR count). The normalized spacial score (nSPS) is 12.7. The highest BCUT2D eigenvalue weighted by Crippen LogP contribution is 2.15. The van der Waals surface area contributed by atoms with Crippen molar-refractivity contribution in [3.8, 4) is 5.69 Å². The Balaban J connectivity index is 2.25. The van der Waals surface area contributed by atoms with E-state index in [1.54, 1.807) is 6.20 Å². The molecule has 1 atom stereocenters. The van der Waals surface area contributed by atoms with Crippen LogP contribution in [0.15, 0.2) is 42.7 Å². The van der Waals surface area contributed by atoms with Gasteiger partial charge in [0.25, 0.3) is 0 Å². The Morgan fingerprint density at radius 1 is 1.33 bits per heavy atom. The number of benzene rings is 1. The fourth-order valence-corrected chi connectivity index (χ4v) is 1.51. The molecule has 1 heterocycles. The van der Waals surface area contributed by atoms with Gasteiger partial charge in [0, 0.05) is 12.4 Å². The van der Waals surface area contributed by atoms with Gasteiger partial charge < -0.3 is 5.73 Å². The fourth-order valence-electron chi connectivity index (χ4n) is 1.51. The molecule has 1 aromatic heterocycles. The molecule has 3 heteroatoms. The molecule has 0 fully saturated rings. The van der Waals surface area contributed by atoms with Gasteiger partial charge in [0.05, 0.1) is 5.69 Å². The third-order valence-electron chi connectivity index (χ3n) is 2.58. The van der Waals surface area contributed by atoms with E-state index in [4.69, 9.17) is 5.73 Å². The topological polar surface area (TPSA) is 43.8 Å². The molecule has 2 aromatic rings. The van der Waals surface area contributed by atoms with Crippen molar-refractivity contribution in [2.24, 2.45) is 5.73 Å². The van der Waals surface area contributed by atoms with Gasteiger partial charge in [-0.3, -0.25) is 0 Å². The van der Waals surface area contributed by atoms with Crippen LogP contribution in [0.1, 0.15) is 18.4 Å². The molecule has 0 saturated carbocycles. The van der Waals surface area contributed by atoms with Crippen molar-refractivity contribution >= 4 is 0 Å². The highest BCUT2D eigenvalue weighted by atomic mass is 15.3. The highest BCUT2D eigenvalue weighted by molar-refractivity contribution is 5.35. The summed E-state index contributed by atoms with van der Waals surface area (Å²) in [4.78, 5) is 0. The Labute approximate surface area is 89.5 Å². The van der Waals surface area contributed by atoms with Crippen molar-refractivity contribution in [1.82, 2.24) is 9.78 Å². The minimum Gasteiger partial charge on any atom is -0.330 e. The summed E-state index contributed by atoms with van der Waals surface area (Å²) in [6, 6.07) is 10.3. The van der Waals surface area contributed by atoms with Crippen LogP contribution in [-0.4, -0.2) is 16.3 Å². The van der Waals surface area contributed by atoms with Crippen LogP contribution in [0.4, 0.5) is 0 Å². The number of hydrogen-bond donors (Lipinski definition) is 1. The maximum absolute atomic E-state index is 5.62. The monoisotopic (exact) mass is 201 g/mol. The Kier molecular flexibility index (Phi) is 2.83. The standard InChI is InChI=1S/C12H15N3/c1-10(9-13)11-3-5-12(6-4-11)15-8-2-7-14-15/h2-8,10H,9,13H2,1H3. The molecule has 0 radical (unpaired) electrons. The van der Waals surface area contributed by atoms with Crippen LogP contribution in [-0.2, 0) is 0 Å². The molecular formula is C12H15N3. The molecule has 0 amide bonds. The van der Waals surface area contributed by atoms with Gasteiger partial charge in [-0.05, 0) is 36.2 Å². The molecule has 15 heavy (non-hydrogen) atoms. The van der Waals surface area contributed by atoms with Gasteiger partial charge in [0.15, 0.2) is 0 Å². The molecule has 0 aliphatic rings. The van der Waals surface area contributed by atoms with E-state index in [1.807, 2.05) is 16.9 Å². The summed E-state index contributed by atoms with van der Waals surface area (Å²) in [6.07, 6.45) is 3.71. The minimum atomic E-state index is 0.414. The fraction of sp³-hybridized carbons (Fsp3) is 0.250. The quantitative estimate of drug-likeness (QED) is 0.824. The van der Waals surface area contributed by atoms with Crippen LogP contribution in [0.2, 0.25) is 0 Å². The molecule has 0 saturated heterocycles. The number of nitrogens with zero attached hydrogens (tertiary/aromatic N) is 2. The van der Waals surface area contributed by atoms with E-state index in [9.17, 15) is 0 Å². The van der Waals surface area contributed by atoms with Crippen molar-refractivity contribution < 1.29 is 0 Å². The molecule has 78 valence electrons. The number of rotatable bonds is 3. The van der Waals surface area contributed by atoms with Gasteiger partial charge in [-0.1, -0.05) is 19.1 Å². The van der Waals surface area contributed by atoms with Crippen LogP contribution >= 0.6 is 0 Å².